The Balaban J connectivity index is 1.74. The number of ether oxygens (including phenoxy) is 2. The van der Waals surface area contributed by atoms with Crippen LogP contribution in [0.4, 0.5) is 0 Å². The van der Waals surface area contributed by atoms with Crippen molar-refractivity contribution in [2.45, 2.75) is 26.8 Å². The molecule has 28 heavy (non-hydrogen) atoms. The minimum absolute atomic E-state index is 0.237. The van der Waals surface area contributed by atoms with E-state index in [0.29, 0.717) is 11.5 Å². The maximum atomic E-state index is 12.6. The van der Waals surface area contributed by atoms with E-state index in [9.17, 15) is 4.79 Å². The Hall–Kier alpha value is -3.35. The Kier molecular flexibility index (Phi) is 5.63. The maximum absolute atomic E-state index is 12.6. The first-order chi connectivity index (χ1) is 13.4. The van der Waals surface area contributed by atoms with E-state index in [1.54, 1.807) is 25.1 Å². The summed E-state index contributed by atoms with van der Waals surface area (Å²) in [7, 11) is 3.16. The fourth-order valence-corrected chi connectivity index (χ4v) is 2.84. The van der Waals surface area contributed by atoms with Crippen LogP contribution in [-0.2, 0) is 0 Å². The molecule has 146 valence electrons. The average Bonchev–Trinajstić information content (AvgIpc) is 3.19. The molecular formula is C21H24N4O3. The molecule has 0 aliphatic heterocycles. The third-order valence-corrected chi connectivity index (χ3v) is 4.74. The zero-order chi connectivity index (χ0) is 20.3. The molecule has 0 aliphatic rings. The number of amides is 1. The predicted octanol–water partition coefficient (Wildman–Crippen LogP) is 3.39. The second kappa shape index (κ2) is 8.12. The summed E-state index contributed by atoms with van der Waals surface area (Å²) in [4.78, 5) is 12.6. The van der Waals surface area contributed by atoms with Crippen LogP contribution in [0.15, 0.2) is 42.6 Å². The molecule has 0 bridgehead atoms. The monoisotopic (exact) mass is 380 g/mol. The van der Waals surface area contributed by atoms with Crippen LogP contribution in [0.5, 0.6) is 11.5 Å². The van der Waals surface area contributed by atoms with Crippen LogP contribution in [0.1, 0.15) is 40.1 Å². The van der Waals surface area contributed by atoms with Gasteiger partial charge in [0.1, 0.15) is 0 Å². The van der Waals surface area contributed by atoms with Gasteiger partial charge in [0.2, 0.25) is 0 Å². The molecule has 0 aliphatic carbocycles. The number of benzene rings is 2. The van der Waals surface area contributed by atoms with E-state index < -0.39 is 0 Å². The van der Waals surface area contributed by atoms with Crippen molar-refractivity contribution in [2.75, 3.05) is 14.2 Å². The number of carbonyl (C=O) groups excluding carboxylic acids is 1. The van der Waals surface area contributed by atoms with E-state index >= 15 is 0 Å². The number of aromatic nitrogens is 3. The molecular weight excluding hydrogens is 356 g/mol. The van der Waals surface area contributed by atoms with Crippen molar-refractivity contribution in [1.82, 2.24) is 20.3 Å². The van der Waals surface area contributed by atoms with Crippen molar-refractivity contribution < 1.29 is 14.3 Å². The van der Waals surface area contributed by atoms with E-state index in [1.807, 2.05) is 50.2 Å². The second-order valence-corrected chi connectivity index (χ2v) is 6.63. The van der Waals surface area contributed by atoms with Gasteiger partial charge in [-0.1, -0.05) is 17.3 Å². The highest BCUT2D eigenvalue weighted by atomic mass is 16.5. The number of nitrogens with one attached hydrogen (secondary N) is 1. The molecule has 0 unspecified atom stereocenters. The molecule has 1 amide bonds. The molecule has 1 atom stereocenters. The molecule has 0 radical (unpaired) electrons. The highest BCUT2D eigenvalue weighted by Gasteiger charge is 2.17. The van der Waals surface area contributed by atoms with Gasteiger partial charge in [0.25, 0.3) is 5.91 Å². The Bertz CT molecular complexity index is 997. The molecule has 1 heterocycles. The van der Waals surface area contributed by atoms with E-state index in [1.165, 1.54) is 5.56 Å². The molecule has 7 nitrogen and oxygen atoms in total. The quantitative estimate of drug-likeness (QED) is 0.709. The number of nitrogens with zero attached hydrogens (tertiary/aromatic N) is 3. The lowest BCUT2D eigenvalue weighted by Crippen LogP contribution is -2.27. The number of methoxy groups -OCH3 is 2. The fourth-order valence-electron chi connectivity index (χ4n) is 2.84. The van der Waals surface area contributed by atoms with Gasteiger partial charge < -0.3 is 14.8 Å². The molecule has 1 aromatic heterocycles. The number of rotatable bonds is 6. The van der Waals surface area contributed by atoms with Crippen molar-refractivity contribution in [3.05, 3.63) is 65.0 Å². The van der Waals surface area contributed by atoms with Crippen LogP contribution in [0.3, 0.4) is 0 Å². The first-order valence-electron chi connectivity index (χ1n) is 8.95. The third kappa shape index (κ3) is 3.98. The van der Waals surface area contributed by atoms with Gasteiger partial charge in [0.15, 0.2) is 17.2 Å². The molecule has 2 aromatic carbocycles. The van der Waals surface area contributed by atoms with E-state index in [0.717, 1.165) is 16.8 Å². The van der Waals surface area contributed by atoms with Crippen LogP contribution in [-0.4, -0.2) is 35.1 Å². The molecule has 0 saturated carbocycles. The molecule has 0 spiro atoms. The van der Waals surface area contributed by atoms with Crippen molar-refractivity contribution >= 4 is 5.91 Å². The topological polar surface area (TPSA) is 78.3 Å². The van der Waals surface area contributed by atoms with Gasteiger partial charge in [-0.3, -0.25) is 4.79 Å². The highest BCUT2D eigenvalue weighted by Crippen LogP contribution is 2.29. The number of hydrogen-bond acceptors (Lipinski definition) is 5. The minimum Gasteiger partial charge on any atom is -0.493 e. The van der Waals surface area contributed by atoms with Gasteiger partial charge in [0, 0.05) is 0 Å². The summed E-state index contributed by atoms with van der Waals surface area (Å²) >= 11 is 0. The first-order valence-corrected chi connectivity index (χ1v) is 8.95. The standard InChI is InChI=1S/C21H24N4O3/c1-13-6-8-17(10-14(13)2)25-12-18(23-24-25)21(26)22-15(3)16-7-9-19(27-4)20(11-16)28-5/h6-12,15H,1-5H3,(H,22,26)/t15-/m1/s1. The van der Waals surface area contributed by atoms with Crippen LogP contribution >= 0.6 is 0 Å². The molecule has 0 fully saturated rings. The average molecular weight is 380 g/mol. The van der Waals surface area contributed by atoms with Gasteiger partial charge in [-0.2, -0.15) is 0 Å². The first kappa shape index (κ1) is 19.4. The Morgan fingerprint density at radius 3 is 2.46 bits per heavy atom. The second-order valence-electron chi connectivity index (χ2n) is 6.63. The molecule has 7 heteroatoms. The summed E-state index contributed by atoms with van der Waals surface area (Å²) in [6.45, 7) is 5.98. The smallest absolute Gasteiger partial charge is 0.273 e. The van der Waals surface area contributed by atoms with Crippen LogP contribution < -0.4 is 14.8 Å². The Labute approximate surface area is 164 Å². The lowest BCUT2D eigenvalue weighted by molar-refractivity contribution is 0.0934. The van der Waals surface area contributed by atoms with Gasteiger partial charge in [-0.15, -0.1) is 5.10 Å². The molecule has 3 aromatic rings. The fraction of sp³-hybridized carbons (Fsp3) is 0.286. The van der Waals surface area contributed by atoms with Gasteiger partial charge in [-0.25, -0.2) is 4.68 Å². The largest absolute Gasteiger partial charge is 0.493 e. The molecule has 3 rings (SSSR count). The van der Waals surface area contributed by atoms with E-state index in [4.69, 9.17) is 9.47 Å². The zero-order valence-electron chi connectivity index (χ0n) is 16.7. The summed E-state index contributed by atoms with van der Waals surface area (Å²) in [6.07, 6.45) is 1.63. The normalized spacial score (nSPS) is 11.8. The number of hydrogen-bond donors (Lipinski definition) is 1. The van der Waals surface area contributed by atoms with Gasteiger partial charge >= 0.3 is 0 Å². The highest BCUT2D eigenvalue weighted by molar-refractivity contribution is 5.92. The number of carbonyl (C=O) groups is 1. The van der Waals surface area contributed by atoms with Crippen LogP contribution in [0, 0.1) is 13.8 Å². The van der Waals surface area contributed by atoms with Gasteiger partial charge in [0.05, 0.1) is 32.1 Å². The summed E-state index contributed by atoms with van der Waals surface area (Å²) in [5, 5.41) is 11.0. The summed E-state index contributed by atoms with van der Waals surface area (Å²) in [5.41, 5.74) is 4.37. The molecule has 0 saturated heterocycles. The number of aryl methyl sites for hydroxylation is 2. The SMILES string of the molecule is COc1ccc([C@@H](C)NC(=O)c2cn(-c3ccc(C)c(C)c3)nn2)cc1OC. The third-order valence-electron chi connectivity index (χ3n) is 4.74. The van der Waals surface area contributed by atoms with Crippen molar-refractivity contribution in [3.8, 4) is 17.2 Å². The summed E-state index contributed by atoms with van der Waals surface area (Å²) in [5.74, 6) is 0.959. The lowest BCUT2D eigenvalue weighted by atomic mass is 10.1. The van der Waals surface area contributed by atoms with E-state index in [-0.39, 0.29) is 17.6 Å². The van der Waals surface area contributed by atoms with Crippen molar-refractivity contribution in [1.29, 1.82) is 0 Å². The van der Waals surface area contributed by atoms with Crippen molar-refractivity contribution in [2.24, 2.45) is 0 Å². The predicted molar refractivity (Wildman–Crippen MR) is 106 cm³/mol. The maximum Gasteiger partial charge on any atom is 0.273 e. The lowest BCUT2D eigenvalue weighted by Gasteiger charge is -2.15. The summed E-state index contributed by atoms with van der Waals surface area (Å²) in [6, 6.07) is 11.3. The zero-order valence-corrected chi connectivity index (χ0v) is 16.7. The summed E-state index contributed by atoms with van der Waals surface area (Å²) < 4.78 is 12.2. The minimum atomic E-state index is -0.294. The van der Waals surface area contributed by atoms with Crippen molar-refractivity contribution in [3.63, 3.8) is 0 Å². The van der Waals surface area contributed by atoms with Gasteiger partial charge in [-0.05, 0) is 61.7 Å². The Morgan fingerprint density at radius 1 is 1.04 bits per heavy atom. The van der Waals surface area contributed by atoms with Crippen LogP contribution in [0.2, 0.25) is 0 Å². The van der Waals surface area contributed by atoms with E-state index in [2.05, 4.69) is 22.6 Å². The van der Waals surface area contributed by atoms with Crippen LogP contribution in [0.25, 0.3) is 5.69 Å². The Morgan fingerprint density at radius 2 is 1.79 bits per heavy atom. The molecule has 1 N–H and O–H groups in total.